The first-order valence-electron chi connectivity index (χ1n) is 6.83. The van der Waals surface area contributed by atoms with E-state index in [2.05, 4.69) is 0 Å². The fraction of sp³-hybridized carbons (Fsp3) is 0.167. The van der Waals surface area contributed by atoms with Gasteiger partial charge < -0.3 is 10.2 Å². The van der Waals surface area contributed by atoms with Gasteiger partial charge in [0, 0.05) is 0 Å². The molecule has 0 amide bonds. The Morgan fingerprint density at radius 3 is 2.38 bits per heavy atom. The Hall–Kier alpha value is -2.39. The van der Waals surface area contributed by atoms with Crippen LogP contribution in [-0.2, 0) is 4.79 Å². The van der Waals surface area contributed by atoms with E-state index in [0.717, 1.165) is 22.3 Å². The largest absolute Gasteiger partial charge is 0.481 e. The lowest BCUT2D eigenvalue weighted by Gasteiger charge is -2.12. The lowest BCUT2D eigenvalue weighted by molar-refractivity contribution is -0.138. The Morgan fingerprint density at radius 1 is 1.10 bits per heavy atom. The van der Waals surface area contributed by atoms with Crippen molar-refractivity contribution in [2.24, 2.45) is 0 Å². The third kappa shape index (κ3) is 3.58. The molecule has 0 heterocycles. The van der Waals surface area contributed by atoms with E-state index in [-0.39, 0.29) is 6.61 Å². The molecule has 0 saturated carbocycles. The van der Waals surface area contributed by atoms with Gasteiger partial charge in [-0.15, -0.1) is 0 Å². The van der Waals surface area contributed by atoms with Crippen LogP contribution >= 0.6 is 0 Å². The maximum atomic E-state index is 11.1. The molecule has 1 atom stereocenters. The molecule has 2 aromatic carbocycles. The lowest BCUT2D eigenvalue weighted by atomic mass is 9.93. The quantitative estimate of drug-likeness (QED) is 0.884. The number of aliphatic carboxylic acids is 1. The fourth-order valence-corrected chi connectivity index (χ4v) is 2.23. The number of aliphatic hydroxyl groups excluding tert-OH is 1. The van der Waals surface area contributed by atoms with Gasteiger partial charge in [-0.3, -0.25) is 4.79 Å². The van der Waals surface area contributed by atoms with Crippen molar-refractivity contribution in [3.63, 3.8) is 0 Å². The van der Waals surface area contributed by atoms with Gasteiger partial charge in [0.1, 0.15) is 0 Å². The van der Waals surface area contributed by atoms with Crippen molar-refractivity contribution >= 4 is 11.5 Å². The number of hydrogen-bond acceptors (Lipinski definition) is 2. The van der Waals surface area contributed by atoms with Crippen LogP contribution in [0.3, 0.4) is 0 Å². The number of benzene rings is 2. The molecule has 2 rings (SSSR count). The number of rotatable bonds is 5. The number of aliphatic hydroxyl groups is 1. The summed E-state index contributed by atoms with van der Waals surface area (Å²) in [5.74, 6) is -1.41. The summed E-state index contributed by atoms with van der Waals surface area (Å²) in [5, 5.41) is 18.4. The van der Waals surface area contributed by atoms with Gasteiger partial charge in [-0.05, 0) is 29.2 Å². The van der Waals surface area contributed by atoms with Crippen LogP contribution in [0.1, 0.15) is 29.5 Å². The van der Waals surface area contributed by atoms with Gasteiger partial charge >= 0.3 is 5.97 Å². The second-order valence-corrected chi connectivity index (χ2v) is 4.85. The van der Waals surface area contributed by atoms with Crippen molar-refractivity contribution < 1.29 is 15.0 Å². The van der Waals surface area contributed by atoms with E-state index in [1.54, 1.807) is 13.0 Å². The molecule has 1 unspecified atom stereocenters. The minimum atomic E-state index is -0.848. The maximum Gasteiger partial charge on any atom is 0.310 e. The molecule has 0 spiro atoms. The SMILES string of the molecule is CC(C(=O)O)c1cccc(C(=CCO)c2ccccc2)c1. The van der Waals surface area contributed by atoms with Gasteiger partial charge in [-0.2, -0.15) is 0 Å². The molecule has 0 aliphatic rings. The summed E-state index contributed by atoms with van der Waals surface area (Å²) in [6.45, 7) is 1.60. The minimum absolute atomic E-state index is 0.0665. The predicted molar refractivity (Wildman–Crippen MR) is 83.1 cm³/mol. The molecular weight excluding hydrogens is 264 g/mol. The molecule has 21 heavy (non-hydrogen) atoms. The Bertz CT molecular complexity index is 645. The van der Waals surface area contributed by atoms with E-state index in [4.69, 9.17) is 5.11 Å². The molecule has 0 radical (unpaired) electrons. The molecule has 0 aromatic heterocycles. The number of carboxylic acid groups (broad SMARTS) is 1. The zero-order chi connectivity index (χ0) is 15.2. The topological polar surface area (TPSA) is 57.5 Å². The minimum Gasteiger partial charge on any atom is -0.481 e. The van der Waals surface area contributed by atoms with Crippen molar-refractivity contribution in [1.29, 1.82) is 0 Å². The molecule has 0 bridgehead atoms. The summed E-state index contributed by atoms with van der Waals surface area (Å²) in [7, 11) is 0. The zero-order valence-corrected chi connectivity index (χ0v) is 11.9. The monoisotopic (exact) mass is 282 g/mol. The summed E-state index contributed by atoms with van der Waals surface area (Å²) < 4.78 is 0. The molecule has 3 nitrogen and oxygen atoms in total. The van der Waals surface area contributed by atoms with Gasteiger partial charge in [0.2, 0.25) is 0 Å². The molecule has 0 saturated heterocycles. The summed E-state index contributed by atoms with van der Waals surface area (Å²) >= 11 is 0. The highest BCUT2D eigenvalue weighted by atomic mass is 16.4. The van der Waals surface area contributed by atoms with Crippen LogP contribution < -0.4 is 0 Å². The first kappa shape index (κ1) is 15.0. The van der Waals surface area contributed by atoms with E-state index >= 15 is 0 Å². The van der Waals surface area contributed by atoms with Crippen LogP contribution in [-0.4, -0.2) is 22.8 Å². The van der Waals surface area contributed by atoms with E-state index in [9.17, 15) is 9.90 Å². The summed E-state index contributed by atoms with van der Waals surface area (Å²) in [6, 6.07) is 17.2. The second-order valence-electron chi connectivity index (χ2n) is 4.85. The van der Waals surface area contributed by atoms with Crippen molar-refractivity contribution in [1.82, 2.24) is 0 Å². The number of carboxylic acids is 1. The van der Waals surface area contributed by atoms with Gasteiger partial charge in [0.25, 0.3) is 0 Å². The van der Waals surface area contributed by atoms with E-state index in [0.29, 0.717) is 0 Å². The van der Waals surface area contributed by atoms with Gasteiger partial charge in [-0.25, -0.2) is 0 Å². The van der Waals surface area contributed by atoms with Crippen LogP contribution in [0, 0.1) is 0 Å². The van der Waals surface area contributed by atoms with Crippen LogP contribution in [0.2, 0.25) is 0 Å². The van der Waals surface area contributed by atoms with Gasteiger partial charge in [0.15, 0.2) is 0 Å². The highest BCUT2D eigenvalue weighted by Crippen LogP contribution is 2.26. The molecule has 2 aromatic rings. The lowest BCUT2D eigenvalue weighted by Crippen LogP contribution is -2.07. The molecule has 0 aliphatic carbocycles. The van der Waals surface area contributed by atoms with Crippen LogP contribution in [0.4, 0.5) is 0 Å². The van der Waals surface area contributed by atoms with E-state index < -0.39 is 11.9 Å². The molecular formula is C18H18O3. The Kier molecular flexibility index (Phi) is 4.90. The van der Waals surface area contributed by atoms with Crippen molar-refractivity contribution in [3.05, 3.63) is 77.4 Å². The van der Waals surface area contributed by atoms with E-state index in [1.165, 1.54) is 0 Å². The molecule has 0 aliphatic heterocycles. The van der Waals surface area contributed by atoms with Crippen molar-refractivity contribution in [2.75, 3.05) is 6.61 Å². The number of hydrogen-bond donors (Lipinski definition) is 2. The average Bonchev–Trinajstić information content (AvgIpc) is 2.52. The van der Waals surface area contributed by atoms with Gasteiger partial charge in [0.05, 0.1) is 12.5 Å². The fourth-order valence-electron chi connectivity index (χ4n) is 2.23. The highest BCUT2D eigenvalue weighted by Gasteiger charge is 2.14. The molecule has 2 N–H and O–H groups in total. The molecule has 0 fully saturated rings. The zero-order valence-electron chi connectivity index (χ0n) is 11.9. The summed E-state index contributed by atoms with van der Waals surface area (Å²) in [5.41, 5.74) is 3.55. The van der Waals surface area contributed by atoms with Crippen LogP contribution in [0.25, 0.3) is 5.57 Å². The van der Waals surface area contributed by atoms with Crippen LogP contribution in [0.5, 0.6) is 0 Å². The Morgan fingerprint density at radius 2 is 1.76 bits per heavy atom. The first-order chi connectivity index (χ1) is 10.1. The highest BCUT2D eigenvalue weighted by molar-refractivity contribution is 5.81. The van der Waals surface area contributed by atoms with Gasteiger partial charge in [-0.1, -0.05) is 60.7 Å². The maximum absolute atomic E-state index is 11.1. The third-order valence-corrected chi connectivity index (χ3v) is 3.45. The number of carbonyl (C=O) groups is 1. The van der Waals surface area contributed by atoms with Crippen LogP contribution in [0.15, 0.2) is 60.7 Å². The van der Waals surface area contributed by atoms with Crippen molar-refractivity contribution in [3.8, 4) is 0 Å². The predicted octanol–water partition coefficient (Wildman–Crippen LogP) is 3.30. The summed E-state index contributed by atoms with van der Waals surface area (Å²) in [6.07, 6.45) is 1.74. The molecule has 108 valence electrons. The second kappa shape index (κ2) is 6.86. The third-order valence-electron chi connectivity index (χ3n) is 3.45. The Balaban J connectivity index is 2.45. The van der Waals surface area contributed by atoms with Crippen molar-refractivity contribution in [2.45, 2.75) is 12.8 Å². The first-order valence-corrected chi connectivity index (χ1v) is 6.83. The standard InChI is InChI=1S/C18H18O3/c1-13(18(20)21)15-8-5-9-16(12-15)17(10-11-19)14-6-3-2-4-7-14/h2-10,12-13,19H,11H2,1H3,(H,20,21). The smallest absolute Gasteiger partial charge is 0.310 e. The Labute approximate surface area is 124 Å². The summed E-state index contributed by atoms with van der Waals surface area (Å²) in [4.78, 5) is 11.1. The molecule has 3 heteroatoms. The normalized spacial score (nSPS) is 13.0. The average molecular weight is 282 g/mol. The van der Waals surface area contributed by atoms with E-state index in [1.807, 2.05) is 54.6 Å².